The number of hydrogen-bond acceptors (Lipinski definition) is 3. The van der Waals surface area contributed by atoms with Crippen LogP contribution in [0.1, 0.15) is 22.5 Å². The van der Waals surface area contributed by atoms with E-state index in [1.54, 1.807) is 14.2 Å². The van der Waals surface area contributed by atoms with Crippen molar-refractivity contribution in [2.75, 3.05) is 27.3 Å². The molecule has 0 amide bonds. The summed E-state index contributed by atoms with van der Waals surface area (Å²) in [5, 5.41) is 11.3. The molecule has 0 atom stereocenters. The first-order valence-electron chi connectivity index (χ1n) is 8.66. The first kappa shape index (κ1) is 19.0. The van der Waals surface area contributed by atoms with Crippen LogP contribution in [0.2, 0.25) is 0 Å². The van der Waals surface area contributed by atoms with Crippen LogP contribution in [-0.4, -0.2) is 43.0 Å². The van der Waals surface area contributed by atoms with Gasteiger partial charge in [-0.05, 0) is 25.8 Å². The zero-order chi connectivity index (χ0) is 18.1. The maximum atomic E-state index is 5.14. The van der Waals surface area contributed by atoms with E-state index in [0.717, 1.165) is 31.2 Å². The van der Waals surface area contributed by atoms with Gasteiger partial charge in [0.2, 0.25) is 0 Å². The number of nitrogens with zero attached hydrogens (tertiary/aromatic N) is 3. The molecule has 0 aliphatic rings. The van der Waals surface area contributed by atoms with E-state index in [1.807, 2.05) is 17.7 Å². The highest BCUT2D eigenvalue weighted by atomic mass is 16.5. The van der Waals surface area contributed by atoms with Crippen molar-refractivity contribution in [3.05, 3.63) is 52.8 Å². The van der Waals surface area contributed by atoms with Gasteiger partial charge in [0.1, 0.15) is 0 Å². The molecule has 25 heavy (non-hydrogen) atoms. The molecule has 1 aromatic heterocycles. The van der Waals surface area contributed by atoms with Crippen LogP contribution in [0, 0.1) is 13.8 Å². The smallest absolute Gasteiger partial charge is 0.191 e. The minimum atomic E-state index is 0.664. The van der Waals surface area contributed by atoms with Gasteiger partial charge in [0.25, 0.3) is 0 Å². The highest BCUT2D eigenvalue weighted by Gasteiger charge is 2.11. The van der Waals surface area contributed by atoms with E-state index in [4.69, 9.17) is 4.74 Å². The molecule has 2 N–H and O–H groups in total. The van der Waals surface area contributed by atoms with Crippen LogP contribution in [0.15, 0.2) is 35.3 Å². The van der Waals surface area contributed by atoms with Gasteiger partial charge in [0.05, 0.1) is 18.8 Å². The first-order valence-corrected chi connectivity index (χ1v) is 8.66. The van der Waals surface area contributed by atoms with Gasteiger partial charge in [0.15, 0.2) is 5.96 Å². The Morgan fingerprint density at radius 2 is 1.96 bits per heavy atom. The lowest BCUT2D eigenvalue weighted by Gasteiger charge is -2.12. The summed E-state index contributed by atoms with van der Waals surface area (Å²) >= 11 is 0. The molecule has 0 spiro atoms. The molecule has 0 bridgehead atoms. The molecule has 0 saturated heterocycles. The number of nitrogens with one attached hydrogen (secondary N) is 2. The second-order valence-electron chi connectivity index (χ2n) is 5.95. The van der Waals surface area contributed by atoms with Gasteiger partial charge in [0, 0.05) is 38.5 Å². The molecule has 2 rings (SSSR count). The minimum absolute atomic E-state index is 0.664. The number of benzene rings is 1. The number of aliphatic imine (C=N–C) groups is 1. The largest absolute Gasteiger partial charge is 0.383 e. The fourth-order valence-electron chi connectivity index (χ4n) is 2.75. The third kappa shape index (κ3) is 5.60. The predicted molar refractivity (Wildman–Crippen MR) is 102 cm³/mol. The van der Waals surface area contributed by atoms with Crippen LogP contribution >= 0.6 is 0 Å². The van der Waals surface area contributed by atoms with Crippen molar-refractivity contribution in [2.45, 2.75) is 33.4 Å². The summed E-state index contributed by atoms with van der Waals surface area (Å²) < 4.78 is 7.14. The van der Waals surface area contributed by atoms with Crippen molar-refractivity contribution >= 4 is 5.96 Å². The molecule has 0 saturated carbocycles. The quantitative estimate of drug-likeness (QED) is 0.569. The number of aromatic nitrogens is 2. The van der Waals surface area contributed by atoms with Crippen molar-refractivity contribution in [3.8, 4) is 0 Å². The maximum Gasteiger partial charge on any atom is 0.191 e. The first-order chi connectivity index (χ1) is 12.2. The Hall–Kier alpha value is -2.34. The third-order valence-corrected chi connectivity index (χ3v) is 4.24. The predicted octanol–water partition coefficient (Wildman–Crippen LogP) is 2.05. The van der Waals surface area contributed by atoms with E-state index in [1.165, 1.54) is 16.8 Å². The lowest BCUT2D eigenvalue weighted by atomic mass is 10.1. The van der Waals surface area contributed by atoms with Gasteiger partial charge in [-0.1, -0.05) is 30.3 Å². The van der Waals surface area contributed by atoms with Crippen LogP contribution in [0.3, 0.4) is 0 Å². The standard InChI is InChI=1S/C19H29N5O/c1-15-18(16(2)24(23-15)12-13-25-4)14-22-19(20-3)21-11-10-17-8-6-5-7-9-17/h5-9H,10-14H2,1-4H3,(H2,20,21,22). The monoisotopic (exact) mass is 343 g/mol. The highest BCUT2D eigenvalue weighted by Crippen LogP contribution is 2.12. The lowest BCUT2D eigenvalue weighted by Crippen LogP contribution is -2.38. The molecular formula is C19H29N5O. The summed E-state index contributed by atoms with van der Waals surface area (Å²) in [6.45, 7) is 7.12. The summed E-state index contributed by atoms with van der Waals surface area (Å²) in [4.78, 5) is 4.30. The van der Waals surface area contributed by atoms with Crippen molar-refractivity contribution in [1.82, 2.24) is 20.4 Å². The Balaban J connectivity index is 1.85. The second kappa shape index (κ2) is 9.84. The van der Waals surface area contributed by atoms with E-state index < -0.39 is 0 Å². The lowest BCUT2D eigenvalue weighted by molar-refractivity contribution is 0.182. The topological polar surface area (TPSA) is 63.5 Å². The van der Waals surface area contributed by atoms with Gasteiger partial charge < -0.3 is 15.4 Å². The summed E-state index contributed by atoms with van der Waals surface area (Å²) in [6, 6.07) is 10.4. The molecule has 1 aromatic carbocycles. The van der Waals surface area contributed by atoms with Crippen LogP contribution in [0.4, 0.5) is 0 Å². The molecule has 0 radical (unpaired) electrons. The van der Waals surface area contributed by atoms with Crippen molar-refractivity contribution in [3.63, 3.8) is 0 Å². The maximum absolute atomic E-state index is 5.14. The third-order valence-electron chi connectivity index (χ3n) is 4.24. The Morgan fingerprint density at radius 1 is 1.20 bits per heavy atom. The van der Waals surface area contributed by atoms with E-state index in [0.29, 0.717) is 13.2 Å². The molecule has 6 heteroatoms. The molecule has 2 aromatic rings. The fourth-order valence-corrected chi connectivity index (χ4v) is 2.75. The number of methoxy groups -OCH3 is 1. The Kier molecular flexibility index (Phi) is 7.47. The van der Waals surface area contributed by atoms with E-state index >= 15 is 0 Å². The Labute approximate surface area is 150 Å². The van der Waals surface area contributed by atoms with E-state index in [9.17, 15) is 0 Å². The molecule has 0 aliphatic carbocycles. The summed E-state index contributed by atoms with van der Waals surface area (Å²) in [6.07, 6.45) is 0.967. The number of aryl methyl sites for hydroxylation is 1. The van der Waals surface area contributed by atoms with Gasteiger partial charge in [-0.2, -0.15) is 5.10 Å². The minimum Gasteiger partial charge on any atom is -0.383 e. The molecule has 0 unspecified atom stereocenters. The molecule has 0 fully saturated rings. The summed E-state index contributed by atoms with van der Waals surface area (Å²) in [5.74, 6) is 0.805. The van der Waals surface area contributed by atoms with Crippen LogP contribution < -0.4 is 10.6 Å². The number of hydrogen-bond donors (Lipinski definition) is 2. The Morgan fingerprint density at radius 3 is 2.64 bits per heavy atom. The highest BCUT2D eigenvalue weighted by molar-refractivity contribution is 5.79. The second-order valence-corrected chi connectivity index (χ2v) is 5.95. The van der Waals surface area contributed by atoms with Crippen LogP contribution in [-0.2, 0) is 24.2 Å². The van der Waals surface area contributed by atoms with Crippen LogP contribution in [0.25, 0.3) is 0 Å². The van der Waals surface area contributed by atoms with Crippen molar-refractivity contribution in [2.24, 2.45) is 4.99 Å². The van der Waals surface area contributed by atoms with E-state index in [-0.39, 0.29) is 0 Å². The van der Waals surface area contributed by atoms with Gasteiger partial charge >= 0.3 is 0 Å². The normalized spacial score (nSPS) is 11.6. The number of guanidine groups is 1. The zero-order valence-electron chi connectivity index (χ0n) is 15.7. The number of rotatable bonds is 8. The van der Waals surface area contributed by atoms with Gasteiger partial charge in [-0.25, -0.2) is 0 Å². The van der Waals surface area contributed by atoms with E-state index in [2.05, 4.69) is 51.9 Å². The summed E-state index contributed by atoms with van der Waals surface area (Å²) in [7, 11) is 3.50. The number of ether oxygens (including phenoxy) is 1. The van der Waals surface area contributed by atoms with Gasteiger partial charge in [-0.15, -0.1) is 0 Å². The molecule has 1 heterocycles. The molecule has 136 valence electrons. The molecular weight excluding hydrogens is 314 g/mol. The Bertz CT molecular complexity index is 679. The van der Waals surface area contributed by atoms with Crippen molar-refractivity contribution < 1.29 is 4.74 Å². The average molecular weight is 343 g/mol. The molecule has 0 aliphatic heterocycles. The zero-order valence-corrected chi connectivity index (χ0v) is 15.7. The van der Waals surface area contributed by atoms with Gasteiger partial charge in [-0.3, -0.25) is 9.67 Å². The van der Waals surface area contributed by atoms with Crippen molar-refractivity contribution in [1.29, 1.82) is 0 Å². The fraction of sp³-hybridized carbons (Fsp3) is 0.474. The average Bonchev–Trinajstić information content (AvgIpc) is 2.90. The summed E-state index contributed by atoms with van der Waals surface area (Å²) in [5.41, 5.74) is 4.74. The van der Waals surface area contributed by atoms with Crippen LogP contribution in [0.5, 0.6) is 0 Å². The molecule has 6 nitrogen and oxygen atoms in total. The SMILES string of the molecule is CN=C(NCCc1ccccc1)NCc1c(C)nn(CCOC)c1C.